The number of amides is 1. The molecule has 2 N–H and O–H groups in total. The molecule has 3 heterocycles. The van der Waals surface area contributed by atoms with Crippen molar-refractivity contribution in [1.82, 2.24) is 19.8 Å². The van der Waals surface area contributed by atoms with Crippen molar-refractivity contribution in [2.75, 3.05) is 11.9 Å². The molecule has 2 aromatic carbocycles. The van der Waals surface area contributed by atoms with Crippen molar-refractivity contribution in [1.29, 1.82) is 0 Å². The maximum Gasteiger partial charge on any atom is 0.226 e. The van der Waals surface area contributed by atoms with Crippen molar-refractivity contribution in [2.24, 2.45) is 0 Å². The van der Waals surface area contributed by atoms with E-state index in [-0.39, 0.29) is 18.0 Å². The Morgan fingerprint density at radius 3 is 2.49 bits per heavy atom. The summed E-state index contributed by atoms with van der Waals surface area (Å²) in [6.07, 6.45) is 2.13. The number of nitrogens with one attached hydrogen (secondary N) is 2. The van der Waals surface area contributed by atoms with Crippen molar-refractivity contribution in [3.8, 4) is 5.69 Å². The Bertz CT molecular complexity index is 1510. The number of benzene rings is 2. The number of carbonyl (C=O) groups is 1. The summed E-state index contributed by atoms with van der Waals surface area (Å²) in [7, 11) is 0. The first-order valence-corrected chi connectivity index (χ1v) is 13.8. The molecule has 7 heteroatoms. The van der Waals surface area contributed by atoms with Crippen LogP contribution in [-0.4, -0.2) is 32.0 Å². The molecule has 1 amide bonds. The van der Waals surface area contributed by atoms with Crippen LogP contribution >= 0.6 is 12.2 Å². The van der Waals surface area contributed by atoms with Crippen LogP contribution < -0.4 is 10.6 Å². The maximum absolute atomic E-state index is 12.9. The van der Waals surface area contributed by atoms with Gasteiger partial charge in [0, 0.05) is 41.9 Å². The number of carbonyl (C=O) groups excluding carboxylic acids is 1. The quantitative estimate of drug-likeness (QED) is 0.267. The first-order valence-electron chi connectivity index (χ1n) is 13.3. The van der Waals surface area contributed by atoms with Crippen molar-refractivity contribution < 1.29 is 4.79 Å². The molecule has 6 nitrogen and oxygen atoms in total. The SMILES string of the molecule is Cc1ccc(NC(=O)CCN2C(=S)N[C@H](c3ccccn3)[C@H]2c2cc(C)n(-c3cccc(C)c3C)c2C)cc1. The molecule has 1 saturated heterocycles. The number of thiocarbonyl (C=S) groups is 1. The molecule has 0 radical (unpaired) electrons. The van der Waals surface area contributed by atoms with E-state index in [0.29, 0.717) is 18.1 Å². The summed E-state index contributed by atoms with van der Waals surface area (Å²) in [6, 6.07) is 22.2. The molecule has 1 aliphatic heterocycles. The number of pyridine rings is 1. The van der Waals surface area contributed by atoms with Crippen LogP contribution in [0.25, 0.3) is 5.69 Å². The molecule has 2 atom stereocenters. The largest absolute Gasteiger partial charge is 0.352 e. The third-order valence-corrected chi connectivity index (χ3v) is 8.07. The molecule has 39 heavy (non-hydrogen) atoms. The average Bonchev–Trinajstić information content (AvgIpc) is 3.40. The normalized spacial score (nSPS) is 16.8. The molecule has 200 valence electrons. The number of hydrogen-bond donors (Lipinski definition) is 2. The van der Waals surface area contributed by atoms with E-state index >= 15 is 0 Å². The van der Waals surface area contributed by atoms with Gasteiger partial charge in [-0.1, -0.05) is 35.9 Å². The van der Waals surface area contributed by atoms with E-state index in [0.717, 1.165) is 28.3 Å². The summed E-state index contributed by atoms with van der Waals surface area (Å²) < 4.78 is 2.33. The fourth-order valence-electron chi connectivity index (χ4n) is 5.50. The van der Waals surface area contributed by atoms with Gasteiger partial charge in [-0.3, -0.25) is 9.78 Å². The third-order valence-electron chi connectivity index (χ3n) is 7.72. The van der Waals surface area contributed by atoms with Gasteiger partial charge in [0.2, 0.25) is 5.91 Å². The van der Waals surface area contributed by atoms with Crippen molar-refractivity contribution in [2.45, 2.75) is 53.1 Å². The highest BCUT2D eigenvalue weighted by molar-refractivity contribution is 7.80. The molecule has 0 spiro atoms. The van der Waals surface area contributed by atoms with E-state index in [1.165, 1.54) is 22.4 Å². The van der Waals surface area contributed by atoms with Crippen molar-refractivity contribution >= 4 is 28.9 Å². The first-order chi connectivity index (χ1) is 18.7. The molecule has 1 fully saturated rings. The zero-order valence-corrected chi connectivity index (χ0v) is 24.0. The number of rotatable bonds is 7. The average molecular weight is 538 g/mol. The molecule has 5 rings (SSSR count). The van der Waals surface area contributed by atoms with E-state index in [2.05, 4.69) is 77.0 Å². The minimum Gasteiger partial charge on any atom is -0.352 e. The summed E-state index contributed by atoms with van der Waals surface area (Å²) in [5.74, 6) is -0.0393. The molecule has 0 saturated carbocycles. The van der Waals surface area contributed by atoms with Crippen LogP contribution in [0.2, 0.25) is 0 Å². The third kappa shape index (κ3) is 5.32. The summed E-state index contributed by atoms with van der Waals surface area (Å²) in [4.78, 5) is 19.7. The smallest absolute Gasteiger partial charge is 0.226 e. The lowest BCUT2D eigenvalue weighted by Gasteiger charge is -2.28. The number of aromatic nitrogens is 2. The molecular weight excluding hydrogens is 502 g/mol. The second-order valence-electron chi connectivity index (χ2n) is 10.4. The Morgan fingerprint density at radius 1 is 1.00 bits per heavy atom. The van der Waals surface area contributed by atoms with E-state index in [1.807, 2.05) is 55.6 Å². The Labute approximate surface area is 236 Å². The Morgan fingerprint density at radius 2 is 1.77 bits per heavy atom. The van der Waals surface area contributed by atoms with Crippen LogP contribution in [0.15, 0.2) is 72.9 Å². The second kappa shape index (κ2) is 11.0. The van der Waals surface area contributed by atoms with Gasteiger partial charge in [-0.15, -0.1) is 0 Å². The Kier molecular flexibility index (Phi) is 7.53. The molecule has 2 aromatic heterocycles. The highest BCUT2D eigenvalue weighted by Gasteiger charge is 2.41. The van der Waals surface area contributed by atoms with Gasteiger partial charge < -0.3 is 20.1 Å². The monoisotopic (exact) mass is 537 g/mol. The summed E-state index contributed by atoms with van der Waals surface area (Å²) in [6.45, 7) is 11.2. The molecule has 4 aromatic rings. The van der Waals surface area contributed by atoms with Gasteiger partial charge in [-0.25, -0.2) is 0 Å². The highest BCUT2D eigenvalue weighted by atomic mass is 32.1. The number of hydrogen-bond acceptors (Lipinski definition) is 3. The molecule has 1 aliphatic rings. The summed E-state index contributed by atoms with van der Waals surface area (Å²) in [5, 5.41) is 7.17. The Hall–Kier alpha value is -3.97. The van der Waals surface area contributed by atoms with Gasteiger partial charge >= 0.3 is 0 Å². The number of aryl methyl sites for hydroxylation is 3. The van der Waals surface area contributed by atoms with Crippen molar-refractivity contribution in [3.63, 3.8) is 0 Å². The lowest BCUT2D eigenvalue weighted by Crippen LogP contribution is -2.32. The number of anilines is 1. The van der Waals surface area contributed by atoms with Gasteiger partial charge in [0.15, 0.2) is 5.11 Å². The van der Waals surface area contributed by atoms with Crippen LogP contribution in [0.4, 0.5) is 5.69 Å². The molecule has 0 bridgehead atoms. The van der Waals surface area contributed by atoms with Crippen LogP contribution in [0.3, 0.4) is 0 Å². The molecule has 0 aliphatic carbocycles. The standard InChI is InChI=1S/C32H35N5OS/c1-20-12-14-25(15-13-20)34-29(38)16-18-36-31(30(35-32(36)39)27-10-6-7-17-33-27)26-19-22(3)37(24(26)5)28-11-8-9-21(2)23(28)4/h6-15,17,19,30-31H,16,18H2,1-5H3,(H,34,38)(H,35,39)/t30-,31-/m1/s1. The van der Waals surface area contributed by atoms with Gasteiger partial charge in [0.05, 0.1) is 17.8 Å². The lowest BCUT2D eigenvalue weighted by molar-refractivity contribution is -0.116. The zero-order valence-electron chi connectivity index (χ0n) is 23.2. The molecule has 0 unspecified atom stereocenters. The van der Waals surface area contributed by atoms with E-state index in [4.69, 9.17) is 12.2 Å². The van der Waals surface area contributed by atoms with Gasteiger partial charge in [-0.05, 0) is 99.9 Å². The van der Waals surface area contributed by atoms with Gasteiger partial charge in [0.1, 0.15) is 0 Å². The minimum atomic E-state index is -0.133. The van der Waals surface area contributed by atoms with Crippen LogP contribution in [0, 0.1) is 34.6 Å². The zero-order chi connectivity index (χ0) is 27.7. The van der Waals surface area contributed by atoms with Crippen LogP contribution in [0.1, 0.15) is 57.8 Å². The predicted molar refractivity (Wildman–Crippen MR) is 161 cm³/mol. The summed E-state index contributed by atoms with van der Waals surface area (Å²) >= 11 is 5.85. The Balaban J connectivity index is 1.48. The maximum atomic E-state index is 12.9. The van der Waals surface area contributed by atoms with Crippen LogP contribution in [-0.2, 0) is 4.79 Å². The topological polar surface area (TPSA) is 62.2 Å². The van der Waals surface area contributed by atoms with Gasteiger partial charge in [0.25, 0.3) is 0 Å². The first kappa shape index (κ1) is 26.6. The number of nitrogens with zero attached hydrogens (tertiary/aromatic N) is 3. The van der Waals surface area contributed by atoms with E-state index in [9.17, 15) is 4.79 Å². The van der Waals surface area contributed by atoms with Crippen LogP contribution in [0.5, 0.6) is 0 Å². The van der Waals surface area contributed by atoms with Crippen molar-refractivity contribution in [3.05, 3.63) is 112 Å². The lowest BCUT2D eigenvalue weighted by atomic mass is 9.96. The fourth-order valence-corrected chi connectivity index (χ4v) is 5.83. The fraction of sp³-hybridized carbons (Fsp3) is 0.281. The highest BCUT2D eigenvalue weighted by Crippen LogP contribution is 2.41. The van der Waals surface area contributed by atoms with E-state index < -0.39 is 0 Å². The van der Waals surface area contributed by atoms with Gasteiger partial charge in [-0.2, -0.15) is 0 Å². The summed E-state index contributed by atoms with van der Waals surface area (Å²) in [5.41, 5.74) is 10.1. The molecular formula is C32H35N5OS. The second-order valence-corrected chi connectivity index (χ2v) is 10.8. The van der Waals surface area contributed by atoms with E-state index in [1.54, 1.807) is 0 Å². The predicted octanol–water partition coefficient (Wildman–Crippen LogP) is 6.42. The minimum absolute atomic E-state index is 0.0393.